The summed E-state index contributed by atoms with van der Waals surface area (Å²) in [4.78, 5) is 13.9. The van der Waals surface area contributed by atoms with Crippen molar-refractivity contribution in [1.82, 2.24) is 10.2 Å². The lowest BCUT2D eigenvalue weighted by Gasteiger charge is -2.12. The van der Waals surface area contributed by atoms with Crippen LogP contribution >= 0.6 is 0 Å². The van der Waals surface area contributed by atoms with E-state index >= 15 is 0 Å². The SMILES string of the molecule is CNC(=O)Cc1ccc2c(c1)Cc1ccccc1/C(=C/CCN(C)C)O2. The summed E-state index contributed by atoms with van der Waals surface area (Å²) in [7, 11) is 5.81. The highest BCUT2D eigenvalue weighted by Crippen LogP contribution is 2.34. The quantitative estimate of drug-likeness (QED) is 0.900. The van der Waals surface area contributed by atoms with E-state index in [4.69, 9.17) is 4.74 Å². The largest absolute Gasteiger partial charge is 0.457 e. The second-order valence-electron chi connectivity index (χ2n) is 6.89. The Morgan fingerprint density at radius 1 is 1.19 bits per heavy atom. The summed E-state index contributed by atoms with van der Waals surface area (Å²) in [6.45, 7) is 0.979. The number of nitrogens with one attached hydrogen (secondary N) is 1. The number of benzene rings is 2. The highest BCUT2D eigenvalue weighted by Gasteiger charge is 2.18. The second-order valence-corrected chi connectivity index (χ2v) is 6.89. The number of hydrogen-bond acceptors (Lipinski definition) is 3. The van der Waals surface area contributed by atoms with Crippen LogP contribution in [0.1, 0.15) is 28.7 Å². The first-order valence-corrected chi connectivity index (χ1v) is 9.00. The van der Waals surface area contributed by atoms with Gasteiger partial charge in [-0.05, 0) is 49.3 Å². The molecule has 0 atom stereocenters. The van der Waals surface area contributed by atoms with E-state index in [9.17, 15) is 4.79 Å². The van der Waals surface area contributed by atoms with Crippen molar-refractivity contribution in [3.05, 3.63) is 70.8 Å². The minimum absolute atomic E-state index is 0.0177. The van der Waals surface area contributed by atoms with E-state index in [-0.39, 0.29) is 5.91 Å². The van der Waals surface area contributed by atoms with Crippen LogP contribution in [0, 0.1) is 0 Å². The Labute approximate surface area is 155 Å². The third-order valence-electron chi connectivity index (χ3n) is 4.56. The zero-order chi connectivity index (χ0) is 18.5. The maximum atomic E-state index is 11.7. The lowest BCUT2D eigenvalue weighted by Crippen LogP contribution is -2.19. The van der Waals surface area contributed by atoms with Crippen LogP contribution in [-0.2, 0) is 17.6 Å². The van der Waals surface area contributed by atoms with Crippen molar-refractivity contribution in [2.24, 2.45) is 0 Å². The van der Waals surface area contributed by atoms with E-state index in [1.807, 2.05) is 12.1 Å². The van der Waals surface area contributed by atoms with Gasteiger partial charge in [0.15, 0.2) is 0 Å². The summed E-state index contributed by atoms with van der Waals surface area (Å²) in [5, 5.41) is 2.68. The highest BCUT2D eigenvalue weighted by atomic mass is 16.5. The van der Waals surface area contributed by atoms with Crippen LogP contribution < -0.4 is 10.1 Å². The number of fused-ring (bicyclic) bond motifs is 2. The van der Waals surface area contributed by atoms with Gasteiger partial charge in [-0.2, -0.15) is 0 Å². The molecule has 1 aliphatic heterocycles. The fourth-order valence-corrected chi connectivity index (χ4v) is 3.15. The molecule has 2 aromatic rings. The average Bonchev–Trinajstić information content (AvgIpc) is 2.77. The highest BCUT2D eigenvalue weighted by molar-refractivity contribution is 5.78. The molecule has 136 valence electrons. The smallest absolute Gasteiger partial charge is 0.224 e. The van der Waals surface area contributed by atoms with Crippen LogP contribution in [0.3, 0.4) is 0 Å². The third-order valence-corrected chi connectivity index (χ3v) is 4.56. The van der Waals surface area contributed by atoms with E-state index < -0.39 is 0 Å². The van der Waals surface area contributed by atoms with Crippen molar-refractivity contribution >= 4 is 11.7 Å². The monoisotopic (exact) mass is 350 g/mol. The average molecular weight is 350 g/mol. The Morgan fingerprint density at radius 2 is 2.00 bits per heavy atom. The molecular weight excluding hydrogens is 324 g/mol. The fourth-order valence-electron chi connectivity index (χ4n) is 3.15. The van der Waals surface area contributed by atoms with Crippen molar-refractivity contribution in [3.8, 4) is 5.75 Å². The molecule has 4 nitrogen and oxygen atoms in total. The van der Waals surface area contributed by atoms with E-state index in [2.05, 4.69) is 60.7 Å². The standard InChI is InChI=1S/C22H26N2O2/c1-23-22(25)14-16-10-11-20-18(13-16)15-17-7-4-5-8-19(17)21(26-20)9-6-12-24(2)3/h4-5,7-11,13H,6,12,14-15H2,1-3H3,(H,23,25)/b21-9-. The van der Waals surface area contributed by atoms with E-state index in [1.54, 1.807) is 7.05 Å². The molecule has 0 radical (unpaired) electrons. The molecule has 1 heterocycles. The van der Waals surface area contributed by atoms with E-state index in [0.717, 1.165) is 47.6 Å². The minimum Gasteiger partial charge on any atom is -0.457 e. The molecule has 26 heavy (non-hydrogen) atoms. The van der Waals surface area contributed by atoms with Crippen LogP contribution in [0.25, 0.3) is 5.76 Å². The van der Waals surface area contributed by atoms with Gasteiger partial charge in [0.2, 0.25) is 5.91 Å². The number of likely N-dealkylation sites (N-methyl/N-ethyl adjacent to an activating group) is 1. The molecular formula is C22H26N2O2. The zero-order valence-corrected chi connectivity index (χ0v) is 15.7. The summed E-state index contributed by atoms with van der Waals surface area (Å²) in [6.07, 6.45) is 4.29. The third kappa shape index (κ3) is 4.33. The van der Waals surface area contributed by atoms with Crippen molar-refractivity contribution in [1.29, 1.82) is 0 Å². The Morgan fingerprint density at radius 3 is 2.77 bits per heavy atom. The molecule has 0 saturated heterocycles. The summed E-state index contributed by atoms with van der Waals surface area (Å²) in [5.74, 6) is 1.81. The van der Waals surface area contributed by atoms with Gasteiger partial charge in [-0.1, -0.05) is 36.4 Å². The number of hydrogen-bond donors (Lipinski definition) is 1. The topological polar surface area (TPSA) is 41.6 Å². The summed E-state index contributed by atoms with van der Waals surface area (Å²) >= 11 is 0. The van der Waals surface area contributed by atoms with Crippen LogP contribution in [0.5, 0.6) is 5.75 Å². The molecule has 0 unspecified atom stereocenters. The number of amides is 1. The predicted molar refractivity (Wildman–Crippen MR) is 105 cm³/mol. The summed E-state index contributed by atoms with van der Waals surface area (Å²) in [6, 6.07) is 14.4. The van der Waals surface area contributed by atoms with Gasteiger partial charge in [-0.3, -0.25) is 4.79 Å². The molecule has 2 aromatic carbocycles. The summed E-state index contributed by atoms with van der Waals surface area (Å²) in [5.41, 5.74) is 4.52. The molecule has 0 spiro atoms. The minimum atomic E-state index is 0.0177. The Hall–Kier alpha value is -2.59. The van der Waals surface area contributed by atoms with Crippen LogP contribution in [0.15, 0.2) is 48.5 Å². The molecule has 0 aliphatic carbocycles. The van der Waals surface area contributed by atoms with Crippen LogP contribution in [0.2, 0.25) is 0 Å². The first-order chi connectivity index (χ1) is 12.6. The molecule has 0 fully saturated rings. The number of nitrogens with zero attached hydrogens (tertiary/aromatic N) is 1. The summed E-state index contributed by atoms with van der Waals surface area (Å²) < 4.78 is 6.29. The Bertz CT molecular complexity index is 825. The van der Waals surface area contributed by atoms with Crippen LogP contribution in [-0.4, -0.2) is 38.5 Å². The fraction of sp³-hybridized carbons (Fsp3) is 0.318. The number of carbonyl (C=O) groups is 1. The molecule has 1 aliphatic rings. The van der Waals surface area contributed by atoms with Gasteiger partial charge >= 0.3 is 0 Å². The second kappa shape index (κ2) is 8.19. The molecule has 0 saturated carbocycles. The van der Waals surface area contributed by atoms with Crippen molar-refractivity contribution in [2.75, 3.05) is 27.7 Å². The lowest BCUT2D eigenvalue weighted by molar-refractivity contribution is -0.119. The first-order valence-electron chi connectivity index (χ1n) is 9.00. The van der Waals surface area contributed by atoms with Gasteiger partial charge in [-0.15, -0.1) is 0 Å². The van der Waals surface area contributed by atoms with Gasteiger partial charge in [0.25, 0.3) is 0 Å². The number of carbonyl (C=O) groups excluding carboxylic acids is 1. The van der Waals surface area contributed by atoms with E-state index in [1.165, 1.54) is 5.56 Å². The molecule has 1 N–H and O–H groups in total. The van der Waals surface area contributed by atoms with Gasteiger partial charge in [0.1, 0.15) is 11.5 Å². The zero-order valence-electron chi connectivity index (χ0n) is 15.7. The number of ether oxygens (including phenoxy) is 1. The van der Waals surface area contributed by atoms with Crippen molar-refractivity contribution in [2.45, 2.75) is 19.3 Å². The van der Waals surface area contributed by atoms with Crippen LogP contribution in [0.4, 0.5) is 0 Å². The Balaban J connectivity index is 1.94. The van der Waals surface area contributed by atoms with Gasteiger partial charge < -0.3 is 15.0 Å². The van der Waals surface area contributed by atoms with Gasteiger partial charge in [0.05, 0.1) is 6.42 Å². The molecule has 1 amide bonds. The molecule has 0 aromatic heterocycles. The Kier molecular flexibility index (Phi) is 5.74. The first kappa shape index (κ1) is 18.2. The molecule has 4 heteroatoms. The maximum absolute atomic E-state index is 11.7. The normalized spacial score (nSPS) is 14.4. The van der Waals surface area contributed by atoms with Crippen molar-refractivity contribution in [3.63, 3.8) is 0 Å². The number of rotatable bonds is 5. The lowest BCUT2D eigenvalue weighted by atomic mass is 9.97. The maximum Gasteiger partial charge on any atom is 0.224 e. The molecule has 3 rings (SSSR count). The predicted octanol–water partition coefficient (Wildman–Crippen LogP) is 3.25. The van der Waals surface area contributed by atoms with Gasteiger partial charge in [-0.25, -0.2) is 0 Å². The molecule has 0 bridgehead atoms. The van der Waals surface area contributed by atoms with E-state index in [0.29, 0.717) is 6.42 Å². The van der Waals surface area contributed by atoms with Gasteiger partial charge in [0, 0.05) is 25.6 Å². The van der Waals surface area contributed by atoms with Crippen molar-refractivity contribution < 1.29 is 9.53 Å².